The molecule has 0 spiro atoms. The Morgan fingerprint density at radius 3 is 2.24 bits per heavy atom. The number of carboxylic acid groups (broad SMARTS) is 1. The second-order valence-electron chi connectivity index (χ2n) is 5.70. The van der Waals surface area contributed by atoms with E-state index in [0.717, 1.165) is 0 Å². The van der Waals surface area contributed by atoms with Gasteiger partial charge in [0, 0.05) is 19.5 Å². The number of rotatable bonds is 7. The van der Waals surface area contributed by atoms with Crippen molar-refractivity contribution < 1.29 is 27.9 Å². The number of morpholine rings is 1. The number of carboxylic acids is 1. The quantitative estimate of drug-likeness (QED) is 0.709. The molecule has 1 aliphatic rings. The minimum Gasteiger partial charge on any atom is -0.481 e. The Morgan fingerprint density at radius 2 is 1.76 bits per heavy atom. The van der Waals surface area contributed by atoms with Gasteiger partial charge in [-0.1, -0.05) is 13.8 Å². The van der Waals surface area contributed by atoms with Crippen LogP contribution in [0.2, 0.25) is 0 Å². The highest BCUT2D eigenvalue weighted by Gasteiger charge is 2.30. The number of aliphatic carboxylic acids is 1. The molecule has 0 aromatic heterocycles. The number of amides is 1. The Labute approximate surface area is 125 Å². The van der Waals surface area contributed by atoms with E-state index in [-0.39, 0.29) is 24.0 Å². The zero-order valence-electron chi connectivity index (χ0n) is 12.4. The molecule has 21 heavy (non-hydrogen) atoms. The number of nitrogens with zero attached hydrogens (tertiary/aromatic N) is 1. The molecule has 0 saturated carbocycles. The molecule has 1 fully saturated rings. The van der Waals surface area contributed by atoms with Gasteiger partial charge in [0.05, 0.1) is 30.6 Å². The first-order valence-electron chi connectivity index (χ1n) is 7.00. The third kappa shape index (κ3) is 6.43. The van der Waals surface area contributed by atoms with E-state index in [1.165, 1.54) is 4.90 Å². The molecule has 0 aromatic carbocycles. The van der Waals surface area contributed by atoms with Crippen LogP contribution in [0.3, 0.4) is 0 Å². The Bertz CT molecular complexity index is 467. The van der Waals surface area contributed by atoms with Gasteiger partial charge in [-0.2, -0.15) is 0 Å². The largest absolute Gasteiger partial charge is 0.481 e. The molecule has 1 amide bonds. The maximum absolute atomic E-state index is 12.0. The SMILES string of the molecule is CC(C)CS(=O)(=O)C[C@H](CC(=O)N1CCOCC1)C(=O)O. The van der Waals surface area contributed by atoms with E-state index in [1.54, 1.807) is 13.8 Å². The van der Waals surface area contributed by atoms with Crippen molar-refractivity contribution in [1.29, 1.82) is 0 Å². The summed E-state index contributed by atoms with van der Waals surface area (Å²) in [6.07, 6.45) is -0.285. The van der Waals surface area contributed by atoms with E-state index in [1.807, 2.05) is 0 Å². The summed E-state index contributed by atoms with van der Waals surface area (Å²) in [6.45, 7) is 5.20. The highest BCUT2D eigenvalue weighted by Crippen LogP contribution is 2.13. The molecule has 1 rings (SSSR count). The predicted molar refractivity (Wildman–Crippen MR) is 76.6 cm³/mol. The molecular weight excluding hydrogens is 298 g/mol. The summed E-state index contributed by atoms with van der Waals surface area (Å²) in [5.74, 6) is -3.39. The lowest BCUT2D eigenvalue weighted by atomic mass is 10.1. The number of hydrogen-bond acceptors (Lipinski definition) is 5. The predicted octanol–water partition coefficient (Wildman–Crippen LogP) is 0.00690. The fourth-order valence-corrected chi connectivity index (χ4v) is 4.28. The third-order valence-corrected chi connectivity index (χ3v) is 5.26. The number of carbonyl (C=O) groups excluding carboxylic acids is 1. The van der Waals surface area contributed by atoms with Gasteiger partial charge in [0.2, 0.25) is 5.91 Å². The minimum atomic E-state index is -3.48. The van der Waals surface area contributed by atoms with Crippen LogP contribution in [0.5, 0.6) is 0 Å². The second-order valence-corrected chi connectivity index (χ2v) is 7.86. The van der Waals surface area contributed by atoms with Crippen molar-refractivity contribution >= 4 is 21.7 Å². The van der Waals surface area contributed by atoms with Gasteiger partial charge in [0.15, 0.2) is 9.84 Å². The normalized spacial score (nSPS) is 17.8. The summed E-state index contributed by atoms with van der Waals surface area (Å²) < 4.78 is 28.9. The zero-order valence-corrected chi connectivity index (χ0v) is 13.3. The molecule has 0 bridgehead atoms. The third-order valence-electron chi connectivity index (χ3n) is 3.18. The van der Waals surface area contributed by atoms with Gasteiger partial charge < -0.3 is 14.7 Å². The lowest BCUT2D eigenvalue weighted by molar-refractivity contribution is -0.146. The molecule has 0 aliphatic carbocycles. The van der Waals surface area contributed by atoms with E-state index in [0.29, 0.717) is 26.3 Å². The van der Waals surface area contributed by atoms with Gasteiger partial charge in [-0.25, -0.2) is 8.42 Å². The van der Waals surface area contributed by atoms with Gasteiger partial charge in [0.1, 0.15) is 0 Å². The van der Waals surface area contributed by atoms with E-state index in [4.69, 9.17) is 9.84 Å². The van der Waals surface area contributed by atoms with Gasteiger partial charge in [-0.05, 0) is 5.92 Å². The second kappa shape index (κ2) is 7.74. The Balaban J connectivity index is 2.65. The fourth-order valence-electron chi connectivity index (χ4n) is 2.25. The van der Waals surface area contributed by atoms with Crippen LogP contribution in [0.4, 0.5) is 0 Å². The van der Waals surface area contributed by atoms with Gasteiger partial charge in [-0.3, -0.25) is 9.59 Å². The number of sulfone groups is 1. The molecule has 1 atom stereocenters. The first kappa shape index (κ1) is 17.9. The van der Waals surface area contributed by atoms with E-state index in [2.05, 4.69) is 0 Å². The topological polar surface area (TPSA) is 101 Å². The van der Waals surface area contributed by atoms with Crippen molar-refractivity contribution in [2.45, 2.75) is 20.3 Å². The number of ether oxygens (including phenoxy) is 1. The molecule has 0 radical (unpaired) electrons. The van der Waals surface area contributed by atoms with Crippen LogP contribution in [-0.4, -0.2) is 68.1 Å². The standard InChI is InChI=1S/C13H23NO6S/c1-10(2)8-21(18,19)9-11(13(16)17)7-12(15)14-3-5-20-6-4-14/h10-11H,3-9H2,1-2H3,(H,16,17)/t11-/m0/s1. The summed E-state index contributed by atoms with van der Waals surface area (Å²) in [4.78, 5) is 24.8. The molecule has 0 aromatic rings. The average Bonchev–Trinajstić information content (AvgIpc) is 2.36. The maximum Gasteiger partial charge on any atom is 0.308 e. The Morgan fingerprint density at radius 1 is 1.19 bits per heavy atom. The van der Waals surface area contributed by atoms with Crippen molar-refractivity contribution in [2.75, 3.05) is 37.8 Å². The van der Waals surface area contributed by atoms with Gasteiger partial charge in [-0.15, -0.1) is 0 Å². The minimum absolute atomic E-state index is 0.0669. The lowest BCUT2D eigenvalue weighted by Crippen LogP contribution is -2.42. The number of hydrogen-bond donors (Lipinski definition) is 1. The van der Waals surface area contributed by atoms with Crippen LogP contribution in [0.1, 0.15) is 20.3 Å². The molecule has 1 N–H and O–H groups in total. The average molecular weight is 321 g/mol. The molecule has 7 nitrogen and oxygen atoms in total. The van der Waals surface area contributed by atoms with Crippen molar-refractivity contribution in [3.63, 3.8) is 0 Å². The van der Waals surface area contributed by atoms with Gasteiger partial charge in [0.25, 0.3) is 0 Å². The van der Waals surface area contributed by atoms with Crippen LogP contribution in [0.15, 0.2) is 0 Å². The van der Waals surface area contributed by atoms with Crippen LogP contribution >= 0.6 is 0 Å². The smallest absolute Gasteiger partial charge is 0.308 e. The van der Waals surface area contributed by atoms with E-state index in [9.17, 15) is 18.0 Å². The van der Waals surface area contributed by atoms with Crippen molar-refractivity contribution in [1.82, 2.24) is 4.90 Å². The first-order chi connectivity index (χ1) is 9.71. The molecule has 1 saturated heterocycles. The van der Waals surface area contributed by atoms with Crippen LogP contribution in [0.25, 0.3) is 0 Å². The first-order valence-corrected chi connectivity index (χ1v) is 8.82. The van der Waals surface area contributed by atoms with Crippen LogP contribution in [-0.2, 0) is 24.2 Å². The summed E-state index contributed by atoms with van der Waals surface area (Å²) in [6, 6.07) is 0. The van der Waals surface area contributed by atoms with Crippen molar-refractivity contribution in [3.8, 4) is 0 Å². The summed E-state index contributed by atoms with van der Waals surface area (Å²) in [5.41, 5.74) is 0. The molecule has 122 valence electrons. The van der Waals surface area contributed by atoms with E-state index < -0.39 is 27.5 Å². The Hall–Kier alpha value is -1.15. The van der Waals surface area contributed by atoms with E-state index >= 15 is 0 Å². The maximum atomic E-state index is 12.0. The van der Waals surface area contributed by atoms with Gasteiger partial charge >= 0.3 is 5.97 Å². The molecular formula is C13H23NO6S. The highest BCUT2D eigenvalue weighted by molar-refractivity contribution is 7.91. The van der Waals surface area contributed by atoms with Crippen molar-refractivity contribution in [2.24, 2.45) is 11.8 Å². The monoisotopic (exact) mass is 321 g/mol. The summed E-state index contributed by atoms with van der Waals surface area (Å²) in [7, 11) is -3.48. The molecule has 1 heterocycles. The zero-order chi connectivity index (χ0) is 16.0. The number of carbonyl (C=O) groups is 2. The highest BCUT2D eigenvalue weighted by atomic mass is 32.2. The van der Waals surface area contributed by atoms with Crippen LogP contribution < -0.4 is 0 Å². The Kier molecular flexibility index (Phi) is 6.60. The molecule has 0 unspecified atom stereocenters. The molecule has 1 aliphatic heterocycles. The van der Waals surface area contributed by atoms with Crippen LogP contribution in [0, 0.1) is 11.8 Å². The summed E-state index contributed by atoms with van der Waals surface area (Å²) >= 11 is 0. The lowest BCUT2D eigenvalue weighted by Gasteiger charge is -2.27. The van der Waals surface area contributed by atoms with Crippen molar-refractivity contribution in [3.05, 3.63) is 0 Å². The summed E-state index contributed by atoms with van der Waals surface area (Å²) in [5, 5.41) is 9.16. The fraction of sp³-hybridized carbons (Fsp3) is 0.846. The molecule has 8 heteroatoms.